The van der Waals surface area contributed by atoms with Crippen molar-refractivity contribution in [2.75, 3.05) is 12.3 Å². The topological polar surface area (TPSA) is 74.7 Å². The zero-order chi connectivity index (χ0) is 15.5. The predicted octanol–water partition coefficient (Wildman–Crippen LogP) is 1.85. The number of carbonyl (C=O) groups is 1. The van der Waals surface area contributed by atoms with Gasteiger partial charge in [-0.25, -0.2) is 17.6 Å². The van der Waals surface area contributed by atoms with E-state index in [2.05, 4.69) is 0 Å². The Morgan fingerprint density at radius 2 is 2.14 bits per heavy atom. The molecule has 0 atom stereocenters. The highest BCUT2D eigenvalue weighted by Crippen LogP contribution is 2.20. The van der Waals surface area contributed by atoms with Gasteiger partial charge in [0.1, 0.15) is 5.82 Å². The van der Waals surface area contributed by atoms with Gasteiger partial charge in [-0.2, -0.15) is 4.31 Å². The van der Waals surface area contributed by atoms with E-state index in [1.54, 1.807) is 0 Å². The molecule has 5 nitrogen and oxygen atoms in total. The maximum atomic E-state index is 13.8. The minimum atomic E-state index is -3.32. The second-order valence-electron chi connectivity index (χ2n) is 4.88. The van der Waals surface area contributed by atoms with E-state index in [1.807, 2.05) is 0 Å². The minimum Gasteiger partial charge on any atom is -0.478 e. The summed E-state index contributed by atoms with van der Waals surface area (Å²) in [7, 11) is -3.32. The first-order chi connectivity index (χ1) is 9.88. The van der Waals surface area contributed by atoms with Crippen LogP contribution in [0.4, 0.5) is 4.39 Å². The number of carboxylic acids is 1. The fraction of sp³-hybridized carbons (Fsp3) is 0.357. The maximum Gasteiger partial charge on any atom is 0.328 e. The molecule has 0 aromatic heterocycles. The van der Waals surface area contributed by atoms with Crippen molar-refractivity contribution in [3.05, 3.63) is 41.2 Å². The van der Waals surface area contributed by atoms with Crippen LogP contribution in [0.25, 0.3) is 6.08 Å². The molecule has 0 amide bonds. The predicted molar refractivity (Wildman–Crippen MR) is 76.5 cm³/mol. The SMILES string of the molecule is O=C(O)/C=C/c1ccc(F)c(CN2CCCCS2(=O)=O)c1. The van der Waals surface area contributed by atoms with Crippen molar-refractivity contribution >= 4 is 22.1 Å². The Morgan fingerprint density at radius 3 is 2.81 bits per heavy atom. The third kappa shape index (κ3) is 4.12. The molecule has 1 aliphatic rings. The number of benzene rings is 1. The standard InChI is InChI=1S/C14H16FNO4S/c15-13-5-3-11(4-6-14(17)18)9-12(13)10-16-7-1-2-8-21(16,19)20/h3-6,9H,1-2,7-8,10H2,(H,17,18)/b6-4+. The molecule has 1 aromatic carbocycles. The minimum absolute atomic E-state index is 0.0249. The molecule has 7 heteroatoms. The number of aliphatic carboxylic acids is 1. The molecule has 0 bridgehead atoms. The van der Waals surface area contributed by atoms with Crippen molar-refractivity contribution in [1.82, 2.24) is 4.31 Å². The number of halogens is 1. The summed E-state index contributed by atoms with van der Waals surface area (Å²) < 4.78 is 38.9. The molecule has 1 fully saturated rings. The highest BCUT2D eigenvalue weighted by Gasteiger charge is 2.26. The quantitative estimate of drug-likeness (QED) is 0.861. The van der Waals surface area contributed by atoms with Gasteiger partial charge in [-0.3, -0.25) is 0 Å². The van der Waals surface area contributed by atoms with Crippen LogP contribution in [0.2, 0.25) is 0 Å². The van der Waals surface area contributed by atoms with Crippen LogP contribution in [-0.2, 0) is 21.4 Å². The van der Waals surface area contributed by atoms with Crippen molar-refractivity contribution in [1.29, 1.82) is 0 Å². The lowest BCUT2D eigenvalue weighted by Gasteiger charge is -2.26. The lowest BCUT2D eigenvalue weighted by atomic mass is 10.1. The number of nitrogens with zero attached hydrogens (tertiary/aromatic N) is 1. The summed E-state index contributed by atoms with van der Waals surface area (Å²) >= 11 is 0. The van der Waals surface area contributed by atoms with Gasteiger partial charge in [0, 0.05) is 24.7 Å². The van der Waals surface area contributed by atoms with E-state index >= 15 is 0 Å². The molecule has 1 heterocycles. The van der Waals surface area contributed by atoms with Crippen molar-refractivity contribution in [2.45, 2.75) is 19.4 Å². The summed E-state index contributed by atoms with van der Waals surface area (Å²) in [5.41, 5.74) is 0.760. The summed E-state index contributed by atoms with van der Waals surface area (Å²) in [6.45, 7) is 0.361. The van der Waals surface area contributed by atoms with Gasteiger partial charge in [-0.05, 0) is 36.6 Å². The Morgan fingerprint density at radius 1 is 1.38 bits per heavy atom. The van der Waals surface area contributed by atoms with E-state index in [0.717, 1.165) is 12.5 Å². The number of carboxylic acid groups (broad SMARTS) is 1. The normalized spacial score (nSPS) is 18.9. The average Bonchev–Trinajstić information content (AvgIpc) is 2.41. The monoisotopic (exact) mass is 313 g/mol. The van der Waals surface area contributed by atoms with Gasteiger partial charge >= 0.3 is 5.97 Å². The summed E-state index contributed by atoms with van der Waals surface area (Å²) in [6.07, 6.45) is 3.69. The summed E-state index contributed by atoms with van der Waals surface area (Å²) in [5.74, 6) is -1.50. The molecule has 1 aliphatic heterocycles. The molecule has 21 heavy (non-hydrogen) atoms. The van der Waals surface area contributed by atoms with E-state index in [-0.39, 0.29) is 17.9 Å². The number of sulfonamides is 1. The lowest BCUT2D eigenvalue weighted by molar-refractivity contribution is -0.131. The van der Waals surface area contributed by atoms with Gasteiger partial charge in [0.05, 0.1) is 5.75 Å². The number of hydrogen-bond acceptors (Lipinski definition) is 3. The van der Waals surface area contributed by atoms with Gasteiger partial charge in [-0.1, -0.05) is 6.07 Å². The molecular formula is C14H16FNO4S. The van der Waals surface area contributed by atoms with Crippen LogP contribution in [0.1, 0.15) is 24.0 Å². The highest BCUT2D eigenvalue weighted by atomic mass is 32.2. The van der Waals surface area contributed by atoms with E-state index in [0.29, 0.717) is 18.5 Å². The lowest BCUT2D eigenvalue weighted by Crippen LogP contribution is -2.37. The molecule has 0 radical (unpaired) electrons. The van der Waals surface area contributed by atoms with E-state index in [1.165, 1.54) is 28.6 Å². The Bertz CT molecular complexity index is 670. The first kappa shape index (κ1) is 15.7. The molecule has 2 rings (SSSR count). The van der Waals surface area contributed by atoms with E-state index < -0.39 is 21.8 Å². The molecule has 0 saturated carbocycles. The molecule has 0 spiro atoms. The zero-order valence-corrected chi connectivity index (χ0v) is 12.1. The largest absolute Gasteiger partial charge is 0.478 e. The zero-order valence-electron chi connectivity index (χ0n) is 11.3. The summed E-state index contributed by atoms with van der Waals surface area (Å²) in [5, 5.41) is 8.58. The second kappa shape index (κ2) is 6.36. The van der Waals surface area contributed by atoms with Crippen LogP contribution >= 0.6 is 0 Å². The Hall–Kier alpha value is -1.73. The Kier molecular flexibility index (Phi) is 4.74. The molecule has 1 N–H and O–H groups in total. The summed E-state index contributed by atoms with van der Waals surface area (Å²) in [4.78, 5) is 10.5. The van der Waals surface area contributed by atoms with Crippen LogP contribution in [-0.4, -0.2) is 36.1 Å². The Balaban J connectivity index is 2.23. The van der Waals surface area contributed by atoms with E-state index in [9.17, 15) is 17.6 Å². The van der Waals surface area contributed by atoms with Crippen molar-refractivity contribution < 1.29 is 22.7 Å². The highest BCUT2D eigenvalue weighted by molar-refractivity contribution is 7.89. The van der Waals surface area contributed by atoms with Gasteiger partial charge in [0.2, 0.25) is 10.0 Å². The fourth-order valence-electron chi connectivity index (χ4n) is 2.20. The first-order valence-electron chi connectivity index (χ1n) is 6.56. The van der Waals surface area contributed by atoms with Crippen LogP contribution in [0.5, 0.6) is 0 Å². The molecule has 0 unspecified atom stereocenters. The van der Waals surface area contributed by atoms with Crippen LogP contribution in [0.3, 0.4) is 0 Å². The van der Waals surface area contributed by atoms with Crippen LogP contribution < -0.4 is 0 Å². The molecule has 0 aliphatic carbocycles. The van der Waals surface area contributed by atoms with E-state index in [4.69, 9.17) is 5.11 Å². The van der Waals surface area contributed by atoms with Crippen LogP contribution in [0, 0.1) is 5.82 Å². The van der Waals surface area contributed by atoms with Gasteiger partial charge in [0.25, 0.3) is 0 Å². The van der Waals surface area contributed by atoms with Crippen LogP contribution in [0.15, 0.2) is 24.3 Å². The third-order valence-electron chi connectivity index (χ3n) is 3.29. The van der Waals surface area contributed by atoms with Crippen molar-refractivity contribution in [2.24, 2.45) is 0 Å². The fourth-order valence-corrected chi connectivity index (χ4v) is 3.77. The van der Waals surface area contributed by atoms with Crippen molar-refractivity contribution in [3.63, 3.8) is 0 Å². The molecule has 1 saturated heterocycles. The smallest absolute Gasteiger partial charge is 0.328 e. The molecular weight excluding hydrogens is 297 g/mol. The third-order valence-corrected chi connectivity index (χ3v) is 5.19. The van der Waals surface area contributed by atoms with Gasteiger partial charge < -0.3 is 5.11 Å². The maximum absolute atomic E-state index is 13.8. The van der Waals surface area contributed by atoms with Gasteiger partial charge in [-0.15, -0.1) is 0 Å². The molecule has 1 aromatic rings. The Labute approximate surface area is 122 Å². The number of hydrogen-bond donors (Lipinski definition) is 1. The average molecular weight is 313 g/mol. The molecule has 114 valence electrons. The first-order valence-corrected chi connectivity index (χ1v) is 8.17. The summed E-state index contributed by atoms with van der Waals surface area (Å²) in [6, 6.07) is 4.13. The second-order valence-corrected chi connectivity index (χ2v) is 6.97. The number of rotatable bonds is 4. The van der Waals surface area contributed by atoms with Crippen molar-refractivity contribution in [3.8, 4) is 0 Å². The van der Waals surface area contributed by atoms with Gasteiger partial charge in [0.15, 0.2) is 0 Å².